The fourth-order valence-electron chi connectivity index (χ4n) is 2.64. The van der Waals surface area contributed by atoms with E-state index in [0.717, 1.165) is 6.07 Å². The number of sulfonamides is 1. The van der Waals surface area contributed by atoms with Gasteiger partial charge < -0.3 is 5.32 Å². The van der Waals surface area contributed by atoms with Crippen molar-refractivity contribution in [1.29, 1.82) is 0 Å². The van der Waals surface area contributed by atoms with Gasteiger partial charge in [0.1, 0.15) is 10.7 Å². The molecule has 0 aliphatic heterocycles. The molecule has 3 N–H and O–H groups in total. The lowest BCUT2D eigenvalue weighted by molar-refractivity contribution is 0.102. The smallest absolute Gasteiger partial charge is 0.265 e. The van der Waals surface area contributed by atoms with Gasteiger partial charge in [-0.1, -0.05) is 17.7 Å². The first kappa shape index (κ1) is 19.8. The Morgan fingerprint density at radius 3 is 2.54 bits per heavy atom. The summed E-state index contributed by atoms with van der Waals surface area (Å²) in [5.41, 5.74) is 1.48. The van der Waals surface area contributed by atoms with E-state index in [1.807, 2.05) is 0 Å². The zero-order valence-corrected chi connectivity index (χ0v) is 16.5. The summed E-state index contributed by atoms with van der Waals surface area (Å²) in [6, 6.07) is 9.77. The Balaban J connectivity index is 1.82. The fourth-order valence-corrected chi connectivity index (χ4v) is 4.25. The number of nitrogens with zero attached hydrogens (tertiary/aromatic N) is 1. The van der Waals surface area contributed by atoms with E-state index in [1.54, 1.807) is 19.9 Å². The van der Waals surface area contributed by atoms with Crippen LogP contribution in [0.2, 0.25) is 5.02 Å². The number of carbonyl (C=O) groups excluding carboxylic acids is 1. The maximum atomic E-state index is 13.2. The van der Waals surface area contributed by atoms with Crippen LogP contribution in [0.3, 0.4) is 0 Å². The second kappa shape index (κ2) is 7.61. The predicted molar refractivity (Wildman–Crippen MR) is 105 cm³/mol. The van der Waals surface area contributed by atoms with Crippen molar-refractivity contribution in [1.82, 2.24) is 10.2 Å². The monoisotopic (exact) mass is 422 g/mol. The second-order valence-corrected chi connectivity index (χ2v) is 8.06. The van der Waals surface area contributed by atoms with E-state index >= 15 is 0 Å². The zero-order chi connectivity index (χ0) is 20.5. The van der Waals surface area contributed by atoms with Gasteiger partial charge in [-0.05, 0) is 50.2 Å². The normalized spacial score (nSPS) is 11.3. The summed E-state index contributed by atoms with van der Waals surface area (Å²) in [6.07, 6.45) is 0. The van der Waals surface area contributed by atoms with Crippen molar-refractivity contribution in [3.8, 4) is 0 Å². The van der Waals surface area contributed by atoms with E-state index in [-0.39, 0.29) is 21.2 Å². The molecule has 1 heterocycles. The summed E-state index contributed by atoms with van der Waals surface area (Å²) >= 11 is 5.70. The lowest BCUT2D eigenvalue weighted by atomic mass is 10.2. The maximum Gasteiger partial charge on any atom is 0.265 e. The van der Waals surface area contributed by atoms with Crippen LogP contribution in [0.25, 0.3) is 0 Å². The molecule has 7 nitrogen and oxygen atoms in total. The van der Waals surface area contributed by atoms with Crippen molar-refractivity contribution in [3.05, 3.63) is 70.3 Å². The first-order chi connectivity index (χ1) is 13.2. The topological polar surface area (TPSA) is 104 Å². The van der Waals surface area contributed by atoms with E-state index in [4.69, 9.17) is 11.6 Å². The van der Waals surface area contributed by atoms with Crippen LogP contribution in [-0.4, -0.2) is 24.5 Å². The number of amides is 1. The van der Waals surface area contributed by atoms with Gasteiger partial charge in [-0.25, -0.2) is 12.8 Å². The fraction of sp³-hybridized carbons (Fsp3) is 0.111. The number of aromatic nitrogens is 2. The van der Waals surface area contributed by atoms with Crippen LogP contribution in [0.1, 0.15) is 21.7 Å². The van der Waals surface area contributed by atoms with Gasteiger partial charge in [0, 0.05) is 16.9 Å². The number of aryl methyl sites for hydroxylation is 2. The second-order valence-electron chi connectivity index (χ2n) is 6.03. The number of hydrogen-bond acceptors (Lipinski definition) is 4. The Kier molecular flexibility index (Phi) is 5.39. The minimum absolute atomic E-state index is 0.0586. The molecule has 10 heteroatoms. The molecule has 0 radical (unpaired) electrons. The Morgan fingerprint density at radius 2 is 1.89 bits per heavy atom. The number of carbonyl (C=O) groups is 1. The first-order valence-corrected chi connectivity index (χ1v) is 9.94. The minimum atomic E-state index is -3.88. The summed E-state index contributed by atoms with van der Waals surface area (Å²) in [7, 11) is -3.88. The van der Waals surface area contributed by atoms with E-state index in [1.165, 1.54) is 30.3 Å². The third kappa shape index (κ3) is 4.15. The number of aromatic amines is 1. The minimum Gasteiger partial charge on any atom is -0.322 e. The van der Waals surface area contributed by atoms with Crippen molar-refractivity contribution >= 4 is 38.9 Å². The van der Waals surface area contributed by atoms with Gasteiger partial charge in [0.25, 0.3) is 15.9 Å². The first-order valence-electron chi connectivity index (χ1n) is 8.08. The predicted octanol–water partition coefficient (Wildman–Crippen LogP) is 3.87. The molecule has 0 saturated carbocycles. The average molecular weight is 423 g/mol. The average Bonchev–Trinajstić information content (AvgIpc) is 2.97. The molecule has 3 aromatic rings. The molecule has 146 valence electrons. The van der Waals surface area contributed by atoms with Crippen LogP contribution in [0.15, 0.2) is 47.4 Å². The van der Waals surface area contributed by atoms with Crippen molar-refractivity contribution < 1.29 is 17.6 Å². The number of halogens is 2. The van der Waals surface area contributed by atoms with E-state index in [2.05, 4.69) is 20.2 Å². The lowest BCUT2D eigenvalue weighted by Gasteiger charge is -2.10. The largest absolute Gasteiger partial charge is 0.322 e. The van der Waals surface area contributed by atoms with Crippen molar-refractivity contribution in [2.24, 2.45) is 0 Å². The number of nitrogens with one attached hydrogen (secondary N) is 3. The Morgan fingerprint density at radius 1 is 1.14 bits per heavy atom. The van der Waals surface area contributed by atoms with Crippen LogP contribution in [0.4, 0.5) is 15.8 Å². The van der Waals surface area contributed by atoms with Gasteiger partial charge >= 0.3 is 0 Å². The van der Waals surface area contributed by atoms with E-state index < -0.39 is 21.7 Å². The SMILES string of the molecule is Cc1n[nH]c(C)c1S(=O)(=O)Nc1cccc(C(=O)Nc2ccc(F)c(Cl)c2)c1. The number of H-pyrrole nitrogens is 1. The van der Waals surface area contributed by atoms with Crippen LogP contribution in [-0.2, 0) is 10.0 Å². The van der Waals surface area contributed by atoms with E-state index in [9.17, 15) is 17.6 Å². The van der Waals surface area contributed by atoms with Gasteiger partial charge in [0.05, 0.1) is 16.4 Å². The molecule has 2 aromatic carbocycles. The van der Waals surface area contributed by atoms with Gasteiger partial charge in [-0.3, -0.25) is 14.6 Å². The number of rotatable bonds is 5. The van der Waals surface area contributed by atoms with Crippen LogP contribution >= 0.6 is 11.6 Å². The van der Waals surface area contributed by atoms with Gasteiger partial charge in [0.2, 0.25) is 0 Å². The molecular weight excluding hydrogens is 407 g/mol. The van der Waals surface area contributed by atoms with Crippen LogP contribution in [0, 0.1) is 19.7 Å². The molecule has 0 fully saturated rings. The Bertz CT molecular complexity index is 1140. The molecule has 1 aromatic heterocycles. The highest BCUT2D eigenvalue weighted by atomic mass is 35.5. The summed E-state index contributed by atoms with van der Waals surface area (Å²) < 4.78 is 40.9. The summed E-state index contributed by atoms with van der Waals surface area (Å²) in [4.78, 5) is 12.5. The summed E-state index contributed by atoms with van der Waals surface area (Å²) in [5.74, 6) is -1.10. The third-order valence-corrected chi connectivity index (χ3v) is 5.82. The molecular formula is C18H16ClFN4O3S. The van der Waals surface area contributed by atoms with Gasteiger partial charge in [-0.15, -0.1) is 0 Å². The number of anilines is 2. The molecule has 0 spiro atoms. The highest BCUT2D eigenvalue weighted by Crippen LogP contribution is 2.23. The lowest BCUT2D eigenvalue weighted by Crippen LogP contribution is -2.16. The molecule has 28 heavy (non-hydrogen) atoms. The van der Waals surface area contributed by atoms with Gasteiger partial charge in [-0.2, -0.15) is 5.10 Å². The molecule has 0 bridgehead atoms. The molecule has 1 amide bonds. The molecule has 0 aliphatic rings. The molecule has 0 atom stereocenters. The van der Waals surface area contributed by atoms with Crippen molar-refractivity contribution in [2.45, 2.75) is 18.7 Å². The molecule has 0 aliphatic carbocycles. The Labute approximate surface area is 166 Å². The number of hydrogen-bond donors (Lipinski definition) is 3. The van der Waals surface area contributed by atoms with Gasteiger partial charge in [0.15, 0.2) is 0 Å². The van der Waals surface area contributed by atoms with E-state index in [0.29, 0.717) is 17.1 Å². The zero-order valence-electron chi connectivity index (χ0n) is 14.9. The quantitative estimate of drug-likeness (QED) is 0.580. The molecule has 0 unspecified atom stereocenters. The third-order valence-electron chi connectivity index (χ3n) is 3.88. The standard InChI is InChI=1S/C18H16ClFN4O3S/c1-10-17(11(2)23-22-10)28(26,27)24-14-5-3-4-12(8-14)18(25)21-13-6-7-16(20)15(19)9-13/h3-9,24H,1-2H3,(H,21,25)(H,22,23). The maximum absolute atomic E-state index is 13.2. The molecule has 3 rings (SSSR count). The summed E-state index contributed by atoms with van der Waals surface area (Å²) in [5, 5.41) is 8.97. The van der Waals surface area contributed by atoms with Crippen molar-refractivity contribution in [2.75, 3.05) is 10.0 Å². The van der Waals surface area contributed by atoms with Crippen molar-refractivity contribution in [3.63, 3.8) is 0 Å². The summed E-state index contributed by atoms with van der Waals surface area (Å²) in [6.45, 7) is 3.18. The Hall–Kier alpha value is -2.91. The number of benzene rings is 2. The highest BCUT2D eigenvalue weighted by Gasteiger charge is 2.22. The van der Waals surface area contributed by atoms with Crippen LogP contribution < -0.4 is 10.0 Å². The highest BCUT2D eigenvalue weighted by molar-refractivity contribution is 7.92. The molecule has 0 saturated heterocycles. The van der Waals surface area contributed by atoms with Crippen LogP contribution in [0.5, 0.6) is 0 Å².